The van der Waals surface area contributed by atoms with Crippen LogP contribution in [0.5, 0.6) is 0 Å². The molecule has 5 aromatic rings. The van der Waals surface area contributed by atoms with Crippen molar-refractivity contribution < 1.29 is 14.3 Å². The van der Waals surface area contributed by atoms with Gasteiger partial charge in [0, 0.05) is 93.7 Å². The van der Waals surface area contributed by atoms with E-state index in [1.807, 2.05) is 24.3 Å². The summed E-state index contributed by atoms with van der Waals surface area (Å²) in [6.45, 7) is 8.03. The van der Waals surface area contributed by atoms with E-state index in [0.29, 0.717) is 42.1 Å². The number of nitrogens with one attached hydrogen (secondary N) is 2. The van der Waals surface area contributed by atoms with Crippen LogP contribution in [0.1, 0.15) is 55.4 Å². The second-order valence-corrected chi connectivity index (χ2v) is 15.6. The summed E-state index contributed by atoms with van der Waals surface area (Å²) in [5.74, 6) is 0.495. The topological polar surface area (TPSA) is 113 Å². The molecule has 0 spiro atoms. The third-order valence-electron chi connectivity index (χ3n) is 12.1. The standard InChI is InChI=1S/C42H45ClN8O3/c43-34-8-9-37(41-40(34)30(24-44)25-45-41)49-22-23-54-38(27-49)29-4-6-31(7-5-29)48-18-10-28(11-19-48)26-47-16-12-32(13-17-47)50-20-14-33-35(50)2-1-3-36(33)51-21-15-39(52)46-42(51)53/h1-9,14,20,25,28,32,38,45H,10-13,15-19,21-23,26-27H2,(H,46,52,53). The highest BCUT2D eigenvalue weighted by Gasteiger charge is 2.30. The van der Waals surface area contributed by atoms with Gasteiger partial charge in [0.1, 0.15) is 12.2 Å². The molecular weight excluding hydrogens is 700 g/mol. The van der Waals surface area contributed by atoms with E-state index in [1.165, 1.54) is 24.1 Å². The highest BCUT2D eigenvalue weighted by atomic mass is 35.5. The Kier molecular flexibility index (Phi) is 9.43. The first kappa shape index (κ1) is 34.7. The Balaban J connectivity index is 0.766. The zero-order chi connectivity index (χ0) is 36.8. The van der Waals surface area contributed by atoms with Crippen LogP contribution in [0.15, 0.2) is 73.1 Å². The fourth-order valence-corrected chi connectivity index (χ4v) is 9.41. The number of aromatic nitrogens is 2. The molecule has 6 heterocycles. The summed E-state index contributed by atoms with van der Waals surface area (Å²) < 4.78 is 8.65. The predicted octanol–water partition coefficient (Wildman–Crippen LogP) is 7.23. The van der Waals surface area contributed by atoms with Crippen LogP contribution in [0, 0.1) is 17.2 Å². The molecule has 9 rings (SSSR count). The van der Waals surface area contributed by atoms with Crippen molar-refractivity contribution in [3.05, 3.63) is 89.2 Å². The summed E-state index contributed by atoms with van der Waals surface area (Å²) in [6.07, 6.45) is 8.81. The maximum Gasteiger partial charge on any atom is 0.328 e. The molecule has 2 aromatic heterocycles. The van der Waals surface area contributed by atoms with Crippen molar-refractivity contribution in [2.24, 2.45) is 5.92 Å². The number of urea groups is 1. The monoisotopic (exact) mass is 744 g/mol. The molecule has 12 heteroatoms. The largest absolute Gasteiger partial charge is 0.372 e. The van der Waals surface area contributed by atoms with Gasteiger partial charge in [-0.3, -0.25) is 15.0 Å². The number of hydrogen-bond acceptors (Lipinski definition) is 7. The Hall–Kier alpha value is -5.02. The quantitative estimate of drug-likeness (QED) is 0.181. The molecule has 3 amide bonds. The number of nitrogens with zero attached hydrogens (tertiary/aromatic N) is 6. The first-order valence-electron chi connectivity index (χ1n) is 19.3. The number of carbonyl (C=O) groups excluding carboxylic acids is 2. The number of benzene rings is 3. The van der Waals surface area contributed by atoms with Crippen LogP contribution < -0.4 is 20.0 Å². The summed E-state index contributed by atoms with van der Waals surface area (Å²) in [6, 6.07) is 23.5. The number of imide groups is 1. The lowest BCUT2D eigenvalue weighted by molar-refractivity contribution is -0.120. The number of rotatable bonds is 7. The van der Waals surface area contributed by atoms with Crippen molar-refractivity contribution in [1.82, 2.24) is 19.8 Å². The summed E-state index contributed by atoms with van der Waals surface area (Å²) in [5, 5.41) is 14.4. The number of carbonyl (C=O) groups is 2. The van der Waals surface area contributed by atoms with Crippen LogP contribution in [0.25, 0.3) is 21.8 Å². The average Bonchev–Trinajstić information content (AvgIpc) is 3.85. The summed E-state index contributed by atoms with van der Waals surface area (Å²) in [7, 11) is 0. The number of hydrogen-bond donors (Lipinski definition) is 2. The molecular formula is C42H45ClN8O3. The number of halogens is 1. The minimum absolute atomic E-state index is 0.0386. The summed E-state index contributed by atoms with van der Waals surface area (Å²) in [4.78, 5) is 36.8. The molecule has 0 radical (unpaired) electrons. The fraction of sp³-hybridized carbons (Fsp3) is 0.405. The first-order chi connectivity index (χ1) is 26.4. The first-order valence-corrected chi connectivity index (χ1v) is 19.7. The number of anilines is 3. The smallest absolute Gasteiger partial charge is 0.328 e. The minimum Gasteiger partial charge on any atom is -0.372 e. The van der Waals surface area contributed by atoms with Crippen molar-refractivity contribution in [3.63, 3.8) is 0 Å². The molecule has 2 N–H and O–H groups in total. The third kappa shape index (κ3) is 6.57. The van der Waals surface area contributed by atoms with Crippen LogP contribution in [-0.2, 0) is 9.53 Å². The number of fused-ring (bicyclic) bond motifs is 2. The van der Waals surface area contributed by atoms with Gasteiger partial charge in [-0.15, -0.1) is 0 Å². The number of nitriles is 1. The van der Waals surface area contributed by atoms with Crippen LogP contribution in [0.4, 0.5) is 21.9 Å². The fourth-order valence-electron chi connectivity index (χ4n) is 9.15. The van der Waals surface area contributed by atoms with Crippen molar-refractivity contribution in [2.75, 3.05) is 73.7 Å². The summed E-state index contributed by atoms with van der Waals surface area (Å²) >= 11 is 6.47. The van der Waals surface area contributed by atoms with E-state index in [9.17, 15) is 14.9 Å². The lowest BCUT2D eigenvalue weighted by atomic mass is 9.94. The van der Waals surface area contributed by atoms with Crippen molar-refractivity contribution in [2.45, 2.75) is 44.2 Å². The van der Waals surface area contributed by atoms with E-state index in [4.69, 9.17) is 16.3 Å². The van der Waals surface area contributed by atoms with Gasteiger partial charge in [-0.1, -0.05) is 29.8 Å². The Morgan fingerprint density at radius 2 is 1.69 bits per heavy atom. The van der Waals surface area contributed by atoms with Gasteiger partial charge in [-0.05, 0) is 79.6 Å². The number of aromatic amines is 1. The molecule has 54 heavy (non-hydrogen) atoms. The molecule has 11 nitrogen and oxygen atoms in total. The molecule has 4 aliphatic heterocycles. The molecule has 0 bridgehead atoms. The van der Waals surface area contributed by atoms with Crippen LogP contribution in [-0.4, -0.2) is 85.4 Å². The van der Waals surface area contributed by atoms with Crippen LogP contribution >= 0.6 is 11.6 Å². The Bertz CT molecular complexity index is 2230. The maximum atomic E-state index is 12.6. The van der Waals surface area contributed by atoms with Gasteiger partial charge in [0.15, 0.2) is 0 Å². The van der Waals surface area contributed by atoms with Gasteiger partial charge < -0.3 is 29.0 Å². The van der Waals surface area contributed by atoms with Crippen LogP contribution in [0.3, 0.4) is 0 Å². The zero-order valence-electron chi connectivity index (χ0n) is 30.3. The lowest BCUT2D eigenvalue weighted by Crippen LogP contribution is -2.49. The Labute approximate surface area is 320 Å². The number of H-pyrrole nitrogens is 1. The van der Waals surface area contributed by atoms with E-state index in [2.05, 4.69) is 78.2 Å². The van der Waals surface area contributed by atoms with E-state index in [0.717, 1.165) is 91.8 Å². The number of amides is 3. The highest BCUT2D eigenvalue weighted by Crippen LogP contribution is 2.37. The average molecular weight is 745 g/mol. The summed E-state index contributed by atoms with van der Waals surface area (Å²) in [5.41, 5.74) is 6.98. The minimum atomic E-state index is -0.340. The number of piperidine rings is 2. The molecule has 4 fully saturated rings. The Morgan fingerprint density at radius 3 is 2.46 bits per heavy atom. The van der Waals surface area contributed by atoms with E-state index in [1.54, 1.807) is 11.1 Å². The molecule has 1 atom stereocenters. The van der Waals surface area contributed by atoms with Gasteiger partial charge in [0.25, 0.3) is 0 Å². The molecule has 3 aromatic carbocycles. The Morgan fingerprint density at radius 1 is 0.870 bits per heavy atom. The normalized spacial score (nSPS) is 20.9. The van der Waals surface area contributed by atoms with Gasteiger partial charge in [-0.2, -0.15) is 5.26 Å². The van der Waals surface area contributed by atoms with E-state index in [-0.39, 0.29) is 18.0 Å². The van der Waals surface area contributed by atoms with Gasteiger partial charge in [0.2, 0.25) is 5.91 Å². The molecule has 0 aliphatic carbocycles. The van der Waals surface area contributed by atoms with E-state index < -0.39 is 0 Å². The maximum absolute atomic E-state index is 12.6. The molecule has 4 aliphatic rings. The van der Waals surface area contributed by atoms with Crippen LogP contribution in [0.2, 0.25) is 5.02 Å². The molecule has 0 saturated carbocycles. The number of likely N-dealkylation sites (tertiary alicyclic amines) is 1. The van der Waals surface area contributed by atoms with E-state index >= 15 is 0 Å². The van der Waals surface area contributed by atoms with Gasteiger partial charge in [-0.25, -0.2) is 4.79 Å². The van der Waals surface area contributed by atoms with Crippen molar-refractivity contribution in [3.8, 4) is 6.07 Å². The second-order valence-electron chi connectivity index (χ2n) is 15.2. The third-order valence-corrected chi connectivity index (χ3v) is 12.4. The predicted molar refractivity (Wildman–Crippen MR) is 212 cm³/mol. The van der Waals surface area contributed by atoms with Gasteiger partial charge >= 0.3 is 6.03 Å². The molecule has 278 valence electrons. The second kappa shape index (κ2) is 14.7. The number of morpholine rings is 1. The number of ether oxygens (including phenoxy) is 1. The van der Waals surface area contributed by atoms with Crippen molar-refractivity contribution in [1.29, 1.82) is 5.26 Å². The lowest BCUT2D eigenvalue weighted by Gasteiger charge is -2.39. The SMILES string of the molecule is N#Cc1c[nH]c2c(N3CCOC(c4ccc(N5CCC(CN6CCC(n7ccc8c(N9CCC(=O)NC9=O)cccc87)CC6)CC5)cc4)C3)ccc(Cl)c12. The highest BCUT2D eigenvalue weighted by molar-refractivity contribution is 6.36. The van der Waals surface area contributed by atoms with Gasteiger partial charge in [0.05, 0.1) is 39.6 Å². The zero-order valence-corrected chi connectivity index (χ0v) is 31.1. The molecule has 1 unspecified atom stereocenters. The van der Waals surface area contributed by atoms with Crippen molar-refractivity contribution >= 4 is 62.4 Å². The molecule has 4 saturated heterocycles.